The van der Waals surface area contributed by atoms with Crippen LogP contribution in [0.15, 0.2) is 48.5 Å². The van der Waals surface area contributed by atoms with Crippen LogP contribution >= 0.6 is 12.4 Å². The number of methoxy groups -OCH3 is 1. The smallest absolute Gasteiger partial charge is 0.416 e. The summed E-state index contributed by atoms with van der Waals surface area (Å²) in [5.41, 5.74) is -0.589. The van der Waals surface area contributed by atoms with Crippen molar-refractivity contribution in [2.75, 3.05) is 40.8 Å². The van der Waals surface area contributed by atoms with Gasteiger partial charge in [-0.2, -0.15) is 13.2 Å². The van der Waals surface area contributed by atoms with Crippen molar-refractivity contribution >= 4 is 18.3 Å². The summed E-state index contributed by atoms with van der Waals surface area (Å²) in [6, 6.07) is 12.5. The van der Waals surface area contributed by atoms with Crippen molar-refractivity contribution in [1.82, 2.24) is 9.80 Å². The molecule has 0 aromatic heterocycles. The number of amides is 1. The molecule has 1 fully saturated rings. The molecule has 0 saturated carbocycles. The molecule has 0 radical (unpaired) electrons. The zero-order valence-corrected chi connectivity index (χ0v) is 20.5. The largest absolute Gasteiger partial charge is 0.497 e. The van der Waals surface area contributed by atoms with Crippen molar-refractivity contribution in [2.24, 2.45) is 5.92 Å². The fraction of sp³-hybridized carbons (Fsp3) is 0.480. The Hall–Kier alpha value is -2.29. The number of nitrogens with zero attached hydrogens (tertiary/aromatic N) is 2. The molecule has 0 spiro atoms. The number of hydrogen-bond donors (Lipinski definition) is 1. The van der Waals surface area contributed by atoms with Crippen molar-refractivity contribution in [3.8, 4) is 5.75 Å². The molecule has 9 heteroatoms. The summed E-state index contributed by atoms with van der Waals surface area (Å²) in [5.74, 6) is 0.304. The Bertz CT molecular complexity index is 970. The minimum Gasteiger partial charge on any atom is -0.497 e. The molecule has 1 aliphatic rings. The fourth-order valence-electron chi connectivity index (χ4n) is 4.48. The maximum Gasteiger partial charge on any atom is 0.416 e. The molecule has 2 unspecified atom stereocenters. The van der Waals surface area contributed by atoms with Crippen LogP contribution in [0.3, 0.4) is 0 Å². The quantitative estimate of drug-likeness (QED) is 0.613. The van der Waals surface area contributed by atoms with E-state index in [9.17, 15) is 23.1 Å². The number of alkyl halides is 3. The lowest BCUT2D eigenvalue weighted by Gasteiger charge is -2.46. The SMILES string of the molecule is COc1cccc(C2(O)CCN(C(=O)CCc3cccc(C(F)(F)F)c3)CC2CN(C)C)c1.Cl. The van der Waals surface area contributed by atoms with Gasteiger partial charge in [0, 0.05) is 32.0 Å². The Balaban J connectivity index is 0.00000408. The fourth-order valence-corrected chi connectivity index (χ4v) is 4.48. The molecule has 1 aliphatic heterocycles. The van der Waals surface area contributed by atoms with E-state index in [0.29, 0.717) is 37.4 Å². The lowest BCUT2D eigenvalue weighted by Crippen LogP contribution is -2.54. The molecule has 1 heterocycles. The highest BCUT2D eigenvalue weighted by Crippen LogP contribution is 2.39. The number of hydrogen-bond acceptors (Lipinski definition) is 4. The van der Waals surface area contributed by atoms with Gasteiger partial charge in [0.25, 0.3) is 0 Å². The van der Waals surface area contributed by atoms with Crippen LogP contribution in [-0.2, 0) is 23.0 Å². The van der Waals surface area contributed by atoms with Crippen LogP contribution in [0.2, 0.25) is 0 Å². The number of aryl methyl sites for hydroxylation is 1. The average Bonchev–Trinajstić information content (AvgIpc) is 2.78. The van der Waals surface area contributed by atoms with Gasteiger partial charge in [-0.05, 0) is 56.3 Å². The summed E-state index contributed by atoms with van der Waals surface area (Å²) in [4.78, 5) is 16.6. The first-order chi connectivity index (χ1) is 15.5. The predicted octanol–water partition coefficient (Wildman–Crippen LogP) is 4.37. The first kappa shape index (κ1) is 28.0. The molecule has 1 saturated heterocycles. The number of carbonyl (C=O) groups excluding carboxylic acids is 1. The molecule has 0 bridgehead atoms. The van der Waals surface area contributed by atoms with E-state index in [0.717, 1.165) is 17.7 Å². The van der Waals surface area contributed by atoms with Gasteiger partial charge in [-0.25, -0.2) is 0 Å². The molecule has 2 atom stereocenters. The normalized spacial score (nSPS) is 20.7. The highest BCUT2D eigenvalue weighted by Gasteiger charge is 2.44. The van der Waals surface area contributed by atoms with Crippen LogP contribution in [0, 0.1) is 5.92 Å². The van der Waals surface area contributed by atoms with Gasteiger partial charge in [-0.15, -0.1) is 12.4 Å². The second-order valence-electron chi connectivity index (χ2n) is 8.90. The Kier molecular flexibility index (Phi) is 9.39. The molecule has 3 rings (SSSR count). The van der Waals surface area contributed by atoms with Crippen LogP contribution in [0.25, 0.3) is 0 Å². The van der Waals surface area contributed by atoms with Crippen molar-refractivity contribution in [1.29, 1.82) is 0 Å². The summed E-state index contributed by atoms with van der Waals surface area (Å²) in [5, 5.41) is 11.7. The molecule has 1 N–H and O–H groups in total. The maximum absolute atomic E-state index is 13.0. The van der Waals surface area contributed by atoms with E-state index in [1.807, 2.05) is 43.3 Å². The Morgan fingerprint density at radius 3 is 2.56 bits per heavy atom. The van der Waals surface area contributed by atoms with Gasteiger partial charge in [0.2, 0.25) is 5.91 Å². The summed E-state index contributed by atoms with van der Waals surface area (Å²) >= 11 is 0. The molecule has 1 amide bonds. The lowest BCUT2D eigenvalue weighted by atomic mass is 9.75. The van der Waals surface area contributed by atoms with Crippen molar-refractivity contribution in [3.05, 3.63) is 65.2 Å². The second-order valence-corrected chi connectivity index (χ2v) is 8.90. The monoisotopic (exact) mass is 500 g/mol. The average molecular weight is 501 g/mol. The summed E-state index contributed by atoms with van der Waals surface area (Å²) in [6.45, 7) is 1.32. The van der Waals surface area contributed by atoms with Crippen LogP contribution in [0.1, 0.15) is 29.5 Å². The maximum atomic E-state index is 13.0. The number of rotatable bonds is 7. The molecule has 2 aromatic rings. The van der Waals surface area contributed by atoms with Crippen LogP contribution in [0.5, 0.6) is 5.75 Å². The summed E-state index contributed by atoms with van der Waals surface area (Å²) < 4.78 is 44.2. The number of benzene rings is 2. The van der Waals surface area contributed by atoms with Gasteiger partial charge < -0.3 is 19.6 Å². The minimum atomic E-state index is -4.41. The minimum absolute atomic E-state index is 0. The first-order valence-corrected chi connectivity index (χ1v) is 11.0. The zero-order chi connectivity index (χ0) is 24.2. The number of halogens is 4. The topological polar surface area (TPSA) is 53.0 Å². The van der Waals surface area contributed by atoms with E-state index < -0.39 is 17.3 Å². The Labute approximate surface area is 204 Å². The molecular formula is C25H32ClF3N2O3. The molecule has 2 aromatic carbocycles. The third kappa shape index (κ3) is 6.64. The van der Waals surface area contributed by atoms with Crippen LogP contribution in [-0.4, -0.2) is 61.7 Å². The van der Waals surface area contributed by atoms with Gasteiger partial charge in [0.1, 0.15) is 5.75 Å². The molecule has 5 nitrogen and oxygen atoms in total. The predicted molar refractivity (Wildman–Crippen MR) is 127 cm³/mol. The van der Waals surface area contributed by atoms with E-state index in [-0.39, 0.29) is 37.1 Å². The highest BCUT2D eigenvalue weighted by molar-refractivity contribution is 5.85. The Morgan fingerprint density at radius 1 is 1.21 bits per heavy atom. The van der Waals surface area contributed by atoms with E-state index in [4.69, 9.17) is 4.74 Å². The van der Waals surface area contributed by atoms with E-state index in [1.54, 1.807) is 18.1 Å². The Morgan fingerprint density at radius 2 is 1.91 bits per heavy atom. The van der Waals surface area contributed by atoms with Crippen LogP contribution < -0.4 is 4.74 Å². The standard InChI is InChI=1S/C25H31F3N2O3.ClH/c1-29(2)16-21-17-30(13-12-24(21,32)19-7-5-9-22(15-19)33-3)23(31)11-10-18-6-4-8-20(14-18)25(26,27)28;/h4-9,14-15,21,32H,10-13,16-17H2,1-3H3;1H. The van der Waals surface area contributed by atoms with E-state index in [2.05, 4.69) is 0 Å². The number of likely N-dealkylation sites (tertiary alicyclic amines) is 1. The molecule has 0 aliphatic carbocycles. The van der Waals surface area contributed by atoms with Crippen molar-refractivity contribution in [2.45, 2.75) is 31.0 Å². The molecule has 188 valence electrons. The summed E-state index contributed by atoms with van der Waals surface area (Å²) in [7, 11) is 5.41. The zero-order valence-electron chi connectivity index (χ0n) is 19.6. The van der Waals surface area contributed by atoms with Crippen molar-refractivity contribution < 1.29 is 27.8 Å². The third-order valence-electron chi connectivity index (χ3n) is 6.27. The van der Waals surface area contributed by atoms with Gasteiger partial charge in [-0.3, -0.25) is 4.79 Å². The van der Waals surface area contributed by atoms with Gasteiger partial charge >= 0.3 is 6.18 Å². The third-order valence-corrected chi connectivity index (χ3v) is 6.27. The number of ether oxygens (including phenoxy) is 1. The molecule has 34 heavy (non-hydrogen) atoms. The number of piperidine rings is 1. The van der Waals surface area contributed by atoms with E-state index >= 15 is 0 Å². The molecular weight excluding hydrogens is 469 g/mol. The highest BCUT2D eigenvalue weighted by atomic mass is 35.5. The van der Waals surface area contributed by atoms with Gasteiger partial charge in [0.15, 0.2) is 0 Å². The summed E-state index contributed by atoms with van der Waals surface area (Å²) in [6.07, 6.45) is -3.68. The first-order valence-electron chi connectivity index (χ1n) is 11.0. The van der Waals surface area contributed by atoms with Gasteiger partial charge in [0.05, 0.1) is 18.3 Å². The second kappa shape index (κ2) is 11.4. The number of aliphatic hydroxyl groups is 1. The van der Waals surface area contributed by atoms with Crippen LogP contribution in [0.4, 0.5) is 13.2 Å². The van der Waals surface area contributed by atoms with E-state index in [1.165, 1.54) is 6.07 Å². The number of carbonyl (C=O) groups is 1. The van der Waals surface area contributed by atoms with Gasteiger partial charge in [-0.1, -0.05) is 30.3 Å². The van der Waals surface area contributed by atoms with Crippen molar-refractivity contribution in [3.63, 3.8) is 0 Å². The lowest BCUT2D eigenvalue weighted by molar-refractivity contribution is -0.141.